The lowest BCUT2D eigenvalue weighted by molar-refractivity contribution is 0.181. The molecule has 0 amide bonds. The van der Waals surface area contributed by atoms with Crippen molar-refractivity contribution in [3.63, 3.8) is 0 Å². The minimum Gasteiger partial charge on any atom is -0.389 e. The molecule has 1 heterocycles. The van der Waals surface area contributed by atoms with E-state index in [4.69, 9.17) is 0 Å². The topological polar surface area (TPSA) is 32.3 Å². The predicted octanol–water partition coefficient (Wildman–Crippen LogP) is 2.09. The summed E-state index contributed by atoms with van der Waals surface area (Å²) in [5.41, 5.74) is 4.09. The number of hydrogen-bond acceptors (Lipinski definition) is 2. The monoisotopic (exact) mass is 215 g/mol. The van der Waals surface area contributed by atoms with Gasteiger partial charge in [0, 0.05) is 17.7 Å². The summed E-state index contributed by atoms with van der Waals surface area (Å²) in [4.78, 5) is 0. The van der Waals surface area contributed by atoms with E-state index < -0.39 is 0 Å². The smallest absolute Gasteiger partial charge is 0.0741 e. The van der Waals surface area contributed by atoms with Gasteiger partial charge in [0.2, 0.25) is 0 Å². The zero-order chi connectivity index (χ0) is 11.2. The van der Waals surface area contributed by atoms with Gasteiger partial charge in [-0.1, -0.05) is 24.3 Å². The van der Waals surface area contributed by atoms with Crippen LogP contribution in [0.25, 0.3) is 0 Å². The fourth-order valence-electron chi connectivity index (χ4n) is 2.97. The van der Waals surface area contributed by atoms with Gasteiger partial charge in [-0.05, 0) is 37.0 Å². The normalized spacial score (nSPS) is 32.1. The van der Waals surface area contributed by atoms with Crippen LogP contribution in [0.1, 0.15) is 30.9 Å². The zero-order valence-electron chi connectivity index (χ0n) is 9.53. The van der Waals surface area contributed by atoms with Gasteiger partial charge in [0.1, 0.15) is 0 Å². The van der Waals surface area contributed by atoms with Crippen molar-refractivity contribution in [2.24, 2.45) is 0 Å². The Kier molecular flexibility index (Phi) is 2.08. The summed E-state index contributed by atoms with van der Waals surface area (Å²) in [6, 6.07) is 8.62. The van der Waals surface area contributed by atoms with Gasteiger partial charge in [-0.15, -0.1) is 0 Å². The fraction of sp³-hybridized carbons (Fsp3) is 0.429. The Morgan fingerprint density at radius 3 is 3.06 bits per heavy atom. The number of nitrogens with one attached hydrogen (secondary N) is 1. The third-order valence-corrected chi connectivity index (χ3v) is 3.97. The van der Waals surface area contributed by atoms with Crippen molar-refractivity contribution in [1.82, 2.24) is 5.32 Å². The maximum absolute atomic E-state index is 9.69. The van der Waals surface area contributed by atoms with Crippen LogP contribution in [0.5, 0.6) is 0 Å². The Hall–Kier alpha value is -1.28. The Bertz CT molecular complexity index is 452. The molecule has 2 heteroatoms. The predicted molar refractivity (Wildman–Crippen MR) is 64.0 cm³/mol. The molecule has 0 spiro atoms. The highest BCUT2D eigenvalue weighted by atomic mass is 16.3. The molecule has 2 unspecified atom stereocenters. The van der Waals surface area contributed by atoms with Gasteiger partial charge in [0.25, 0.3) is 0 Å². The number of fused-ring (bicyclic) bond motifs is 3. The van der Waals surface area contributed by atoms with Gasteiger partial charge < -0.3 is 10.4 Å². The molecule has 0 saturated heterocycles. The number of hydrogen-bond donors (Lipinski definition) is 2. The van der Waals surface area contributed by atoms with Crippen molar-refractivity contribution < 1.29 is 5.11 Å². The lowest BCUT2D eigenvalue weighted by Gasteiger charge is -2.42. The second-order valence-electron chi connectivity index (χ2n) is 5.03. The third kappa shape index (κ3) is 1.30. The Labute approximate surface area is 96.0 Å². The highest BCUT2D eigenvalue weighted by Gasteiger charge is 2.38. The summed E-state index contributed by atoms with van der Waals surface area (Å²) in [5, 5.41) is 13.1. The standard InChI is InChI=1S/C14H17NO/c1-14-7-6-11(16)8-13(14)15-9-10-4-2-3-5-12(10)14/h2-5,8,11,15-16H,6-7,9H2,1H3. The van der Waals surface area contributed by atoms with E-state index in [9.17, 15) is 5.11 Å². The first-order valence-corrected chi connectivity index (χ1v) is 5.93. The van der Waals surface area contributed by atoms with Crippen LogP contribution in [0, 0.1) is 0 Å². The molecule has 0 aromatic heterocycles. The van der Waals surface area contributed by atoms with Gasteiger partial charge in [0.15, 0.2) is 0 Å². The molecule has 2 nitrogen and oxygen atoms in total. The van der Waals surface area contributed by atoms with E-state index in [1.807, 2.05) is 6.08 Å². The Balaban J connectivity index is 2.15. The largest absolute Gasteiger partial charge is 0.389 e. The molecule has 16 heavy (non-hydrogen) atoms. The lowest BCUT2D eigenvalue weighted by atomic mass is 9.68. The zero-order valence-corrected chi connectivity index (χ0v) is 9.53. The summed E-state index contributed by atoms with van der Waals surface area (Å²) < 4.78 is 0. The number of allylic oxidation sites excluding steroid dienone is 1. The number of rotatable bonds is 0. The molecule has 0 bridgehead atoms. The van der Waals surface area contributed by atoms with Crippen LogP contribution >= 0.6 is 0 Å². The van der Waals surface area contributed by atoms with Gasteiger partial charge >= 0.3 is 0 Å². The first-order chi connectivity index (χ1) is 7.70. The summed E-state index contributed by atoms with van der Waals surface area (Å²) in [6.07, 6.45) is 3.58. The molecule has 0 radical (unpaired) electrons. The van der Waals surface area contributed by atoms with Gasteiger partial charge in [-0.2, -0.15) is 0 Å². The number of aliphatic hydroxyl groups is 1. The third-order valence-electron chi connectivity index (χ3n) is 3.97. The van der Waals surface area contributed by atoms with E-state index in [1.54, 1.807) is 0 Å². The van der Waals surface area contributed by atoms with Crippen LogP contribution in [0.3, 0.4) is 0 Å². The molecule has 1 aliphatic heterocycles. The lowest BCUT2D eigenvalue weighted by Crippen LogP contribution is -2.42. The van der Waals surface area contributed by atoms with Gasteiger partial charge in [-0.25, -0.2) is 0 Å². The minimum absolute atomic E-state index is 0.0775. The highest BCUT2D eigenvalue weighted by molar-refractivity contribution is 5.45. The molecular weight excluding hydrogens is 198 g/mol. The maximum atomic E-state index is 9.69. The molecule has 84 valence electrons. The molecule has 2 atom stereocenters. The molecule has 3 rings (SSSR count). The molecule has 1 aromatic carbocycles. The molecule has 1 aliphatic carbocycles. The molecular formula is C14H17NO. The van der Waals surface area contributed by atoms with E-state index in [0.29, 0.717) is 0 Å². The SMILES string of the molecule is CC12CCC(O)C=C1NCc1ccccc12. The average Bonchev–Trinajstić information content (AvgIpc) is 2.31. The van der Waals surface area contributed by atoms with E-state index in [2.05, 4.69) is 36.5 Å². The van der Waals surface area contributed by atoms with Crippen LogP contribution in [0.15, 0.2) is 36.0 Å². The van der Waals surface area contributed by atoms with E-state index in [0.717, 1.165) is 19.4 Å². The van der Waals surface area contributed by atoms with E-state index >= 15 is 0 Å². The Morgan fingerprint density at radius 2 is 2.19 bits per heavy atom. The van der Waals surface area contributed by atoms with E-state index in [-0.39, 0.29) is 11.5 Å². The summed E-state index contributed by atoms with van der Waals surface area (Å²) >= 11 is 0. The summed E-state index contributed by atoms with van der Waals surface area (Å²) in [6.45, 7) is 3.15. The maximum Gasteiger partial charge on any atom is 0.0741 e. The van der Waals surface area contributed by atoms with E-state index in [1.165, 1.54) is 16.8 Å². The van der Waals surface area contributed by atoms with Crippen molar-refractivity contribution in [2.45, 2.75) is 37.8 Å². The van der Waals surface area contributed by atoms with Gasteiger partial charge in [-0.3, -0.25) is 0 Å². The van der Waals surface area contributed by atoms with Crippen LogP contribution in [0.4, 0.5) is 0 Å². The second-order valence-corrected chi connectivity index (χ2v) is 5.03. The number of benzene rings is 1. The van der Waals surface area contributed by atoms with Crippen molar-refractivity contribution in [3.05, 3.63) is 47.2 Å². The molecule has 2 N–H and O–H groups in total. The molecule has 2 aliphatic rings. The van der Waals surface area contributed by atoms with Crippen molar-refractivity contribution in [3.8, 4) is 0 Å². The van der Waals surface area contributed by atoms with Crippen molar-refractivity contribution in [2.75, 3.05) is 0 Å². The van der Waals surface area contributed by atoms with Crippen LogP contribution in [0.2, 0.25) is 0 Å². The first kappa shape index (κ1) is 9.91. The van der Waals surface area contributed by atoms with Crippen LogP contribution in [-0.2, 0) is 12.0 Å². The first-order valence-electron chi connectivity index (χ1n) is 5.93. The van der Waals surface area contributed by atoms with Gasteiger partial charge in [0.05, 0.1) is 6.10 Å². The van der Waals surface area contributed by atoms with Crippen LogP contribution < -0.4 is 5.32 Å². The summed E-state index contributed by atoms with van der Waals surface area (Å²) in [5.74, 6) is 0. The molecule has 0 saturated carbocycles. The molecule has 0 fully saturated rings. The van der Waals surface area contributed by atoms with Crippen molar-refractivity contribution in [1.29, 1.82) is 0 Å². The second kappa shape index (κ2) is 3.36. The quantitative estimate of drug-likeness (QED) is 0.694. The molecule has 1 aromatic rings. The average molecular weight is 215 g/mol. The van der Waals surface area contributed by atoms with Crippen molar-refractivity contribution >= 4 is 0 Å². The van der Waals surface area contributed by atoms with Crippen LogP contribution in [-0.4, -0.2) is 11.2 Å². The summed E-state index contributed by atoms with van der Waals surface area (Å²) in [7, 11) is 0. The minimum atomic E-state index is -0.277. The Morgan fingerprint density at radius 1 is 1.38 bits per heavy atom. The fourth-order valence-corrected chi connectivity index (χ4v) is 2.97. The number of aliphatic hydroxyl groups excluding tert-OH is 1. The highest BCUT2D eigenvalue weighted by Crippen LogP contribution is 2.43.